The Bertz CT molecular complexity index is 91.1. The van der Waals surface area contributed by atoms with Gasteiger partial charge in [-0.15, -0.1) is 0 Å². The monoisotopic (exact) mass is 126 g/mol. The predicted octanol–water partition coefficient (Wildman–Crippen LogP) is 1.17. The highest BCUT2D eigenvalue weighted by molar-refractivity contribution is 4.90. The molecule has 1 rings (SSSR count). The Kier molecular flexibility index (Phi) is 2.43. The molecule has 0 amide bonds. The van der Waals surface area contributed by atoms with Gasteiger partial charge in [0, 0.05) is 12.4 Å². The molecule has 0 saturated heterocycles. The van der Waals surface area contributed by atoms with Gasteiger partial charge in [0.1, 0.15) is 0 Å². The maximum Gasteiger partial charge on any atom is 0.0955 e. The van der Waals surface area contributed by atoms with E-state index >= 15 is 0 Å². The van der Waals surface area contributed by atoms with Crippen LogP contribution < -0.4 is 10.6 Å². The summed E-state index contributed by atoms with van der Waals surface area (Å²) < 4.78 is 0. The summed E-state index contributed by atoms with van der Waals surface area (Å²) in [6.07, 6.45) is 8.22. The molecule has 0 fully saturated rings. The molecule has 1 aliphatic rings. The molecule has 0 unspecified atom stereocenters. The number of hydrogen-bond donors (Lipinski definition) is 2. The molecule has 1 aliphatic heterocycles. The molecule has 0 aromatic carbocycles. The summed E-state index contributed by atoms with van der Waals surface area (Å²) in [7, 11) is 0. The lowest BCUT2D eigenvalue weighted by Crippen LogP contribution is -2.30. The van der Waals surface area contributed by atoms with Gasteiger partial charge in [0.05, 0.1) is 6.17 Å². The molecule has 0 atom stereocenters. The lowest BCUT2D eigenvalue weighted by Gasteiger charge is -2.09. The van der Waals surface area contributed by atoms with Gasteiger partial charge in [0.15, 0.2) is 0 Å². The fraction of sp³-hybridized carbons (Fsp3) is 0.714. The van der Waals surface area contributed by atoms with E-state index in [0.29, 0.717) is 6.17 Å². The van der Waals surface area contributed by atoms with Crippen LogP contribution in [0.3, 0.4) is 0 Å². The smallest absolute Gasteiger partial charge is 0.0955 e. The number of rotatable bonds is 3. The van der Waals surface area contributed by atoms with Crippen molar-refractivity contribution in [2.24, 2.45) is 0 Å². The summed E-state index contributed by atoms with van der Waals surface area (Å²) in [4.78, 5) is 0. The highest BCUT2D eigenvalue weighted by Gasteiger charge is 2.04. The lowest BCUT2D eigenvalue weighted by molar-refractivity contribution is 0.504. The van der Waals surface area contributed by atoms with Crippen molar-refractivity contribution < 1.29 is 0 Å². The average molecular weight is 126 g/mol. The summed E-state index contributed by atoms with van der Waals surface area (Å²) >= 11 is 0. The molecule has 0 saturated carbocycles. The van der Waals surface area contributed by atoms with Crippen LogP contribution in [0.4, 0.5) is 0 Å². The summed E-state index contributed by atoms with van der Waals surface area (Å²) in [6.45, 7) is 2.21. The van der Waals surface area contributed by atoms with Crippen LogP contribution in [-0.2, 0) is 0 Å². The van der Waals surface area contributed by atoms with Crippen molar-refractivity contribution in [2.45, 2.75) is 32.4 Å². The second kappa shape index (κ2) is 3.38. The Hall–Kier alpha value is -0.660. The molecule has 52 valence electrons. The van der Waals surface area contributed by atoms with Gasteiger partial charge in [0.2, 0.25) is 0 Å². The van der Waals surface area contributed by atoms with Gasteiger partial charge in [-0.1, -0.05) is 13.3 Å². The van der Waals surface area contributed by atoms with Gasteiger partial charge < -0.3 is 10.6 Å². The van der Waals surface area contributed by atoms with Crippen LogP contribution >= 0.6 is 0 Å². The lowest BCUT2D eigenvalue weighted by atomic mass is 10.2. The minimum absolute atomic E-state index is 0.505. The largest absolute Gasteiger partial charge is 0.370 e. The molecule has 1 heterocycles. The fourth-order valence-electron chi connectivity index (χ4n) is 0.952. The first-order valence-electron chi connectivity index (χ1n) is 3.60. The Morgan fingerprint density at radius 3 is 2.56 bits per heavy atom. The highest BCUT2D eigenvalue weighted by atomic mass is 15.1. The zero-order valence-corrected chi connectivity index (χ0v) is 5.85. The number of nitrogens with one attached hydrogen (secondary N) is 2. The van der Waals surface area contributed by atoms with Crippen molar-refractivity contribution in [2.75, 3.05) is 0 Å². The molecule has 2 N–H and O–H groups in total. The van der Waals surface area contributed by atoms with E-state index in [-0.39, 0.29) is 0 Å². The summed E-state index contributed by atoms with van der Waals surface area (Å²) in [5.74, 6) is 0. The van der Waals surface area contributed by atoms with Crippen molar-refractivity contribution in [1.29, 1.82) is 0 Å². The van der Waals surface area contributed by atoms with E-state index < -0.39 is 0 Å². The van der Waals surface area contributed by atoms with Crippen LogP contribution in [0.15, 0.2) is 12.4 Å². The van der Waals surface area contributed by atoms with Crippen molar-refractivity contribution >= 4 is 0 Å². The molecule has 2 heteroatoms. The Morgan fingerprint density at radius 2 is 2.00 bits per heavy atom. The molecule has 0 aromatic heterocycles. The number of hydrogen-bond acceptors (Lipinski definition) is 2. The SMILES string of the molecule is CCCCC1NC=CN1. The van der Waals surface area contributed by atoms with Crippen LogP contribution in [0.1, 0.15) is 26.2 Å². The van der Waals surface area contributed by atoms with Crippen LogP contribution in [0.5, 0.6) is 0 Å². The first-order valence-corrected chi connectivity index (χ1v) is 3.60. The van der Waals surface area contributed by atoms with Gasteiger partial charge in [-0.3, -0.25) is 0 Å². The van der Waals surface area contributed by atoms with E-state index in [1.165, 1.54) is 19.3 Å². The highest BCUT2D eigenvalue weighted by Crippen LogP contribution is 1.99. The topological polar surface area (TPSA) is 24.1 Å². The van der Waals surface area contributed by atoms with E-state index in [4.69, 9.17) is 0 Å². The Labute approximate surface area is 56.3 Å². The van der Waals surface area contributed by atoms with Gasteiger partial charge in [-0.05, 0) is 12.8 Å². The van der Waals surface area contributed by atoms with E-state index in [1.807, 2.05) is 12.4 Å². The first kappa shape index (κ1) is 6.46. The zero-order valence-electron chi connectivity index (χ0n) is 5.85. The molecule has 0 spiro atoms. The summed E-state index contributed by atoms with van der Waals surface area (Å²) in [5.41, 5.74) is 0. The van der Waals surface area contributed by atoms with Crippen LogP contribution in [0, 0.1) is 0 Å². The van der Waals surface area contributed by atoms with Crippen molar-refractivity contribution in [3.05, 3.63) is 12.4 Å². The van der Waals surface area contributed by atoms with Gasteiger partial charge in [0.25, 0.3) is 0 Å². The standard InChI is InChI=1S/C7H14N2/c1-2-3-4-7-8-5-6-9-7/h5-9H,2-4H2,1H3. The Morgan fingerprint density at radius 1 is 1.33 bits per heavy atom. The first-order chi connectivity index (χ1) is 4.43. The van der Waals surface area contributed by atoms with Crippen LogP contribution in [0.25, 0.3) is 0 Å². The normalized spacial score (nSPS) is 17.4. The van der Waals surface area contributed by atoms with Gasteiger partial charge >= 0.3 is 0 Å². The molecular weight excluding hydrogens is 112 g/mol. The maximum atomic E-state index is 3.20. The third kappa shape index (κ3) is 1.96. The van der Waals surface area contributed by atoms with E-state index in [1.54, 1.807) is 0 Å². The molecule has 2 nitrogen and oxygen atoms in total. The van der Waals surface area contributed by atoms with Crippen molar-refractivity contribution in [1.82, 2.24) is 10.6 Å². The Balaban J connectivity index is 2.01. The third-order valence-electron chi connectivity index (χ3n) is 1.52. The third-order valence-corrected chi connectivity index (χ3v) is 1.52. The zero-order chi connectivity index (χ0) is 6.53. The summed E-state index contributed by atoms with van der Waals surface area (Å²) in [5, 5.41) is 6.40. The van der Waals surface area contributed by atoms with E-state index in [2.05, 4.69) is 17.6 Å². The molecular formula is C7H14N2. The minimum atomic E-state index is 0.505. The molecule has 0 bridgehead atoms. The van der Waals surface area contributed by atoms with Crippen LogP contribution in [0.2, 0.25) is 0 Å². The molecule has 0 aromatic rings. The fourth-order valence-corrected chi connectivity index (χ4v) is 0.952. The molecule has 9 heavy (non-hydrogen) atoms. The van der Waals surface area contributed by atoms with E-state index in [0.717, 1.165) is 0 Å². The quantitative estimate of drug-likeness (QED) is 0.593. The second-order valence-electron chi connectivity index (χ2n) is 2.36. The number of unbranched alkanes of at least 4 members (excludes halogenated alkanes) is 1. The second-order valence-corrected chi connectivity index (χ2v) is 2.36. The van der Waals surface area contributed by atoms with E-state index in [9.17, 15) is 0 Å². The van der Waals surface area contributed by atoms with Gasteiger partial charge in [-0.25, -0.2) is 0 Å². The van der Waals surface area contributed by atoms with Crippen molar-refractivity contribution in [3.8, 4) is 0 Å². The molecule has 0 aliphatic carbocycles. The predicted molar refractivity (Wildman–Crippen MR) is 38.7 cm³/mol. The van der Waals surface area contributed by atoms with Gasteiger partial charge in [-0.2, -0.15) is 0 Å². The average Bonchev–Trinajstić information content (AvgIpc) is 2.34. The maximum absolute atomic E-state index is 3.20. The molecule has 0 radical (unpaired) electrons. The van der Waals surface area contributed by atoms with Crippen LogP contribution in [-0.4, -0.2) is 6.17 Å². The van der Waals surface area contributed by atoms with Crippen molar-refractivity contribution in [3.63, 3.8) is 0 Å². The minimum Gasteiger partial charge on any atom is -0.370 e. The summed E-state index contributed by atoms with van der Waals surface area (Å²) in [6, 6.07) is 0.